The molecule has 0 N–H and O–H groups in total. The summed E-state index contributed by atoms with van der Waals surface area (Å²) in [4.78, 5) is 0. The van der Waals surface area contributed by atoms with Crippen LogP contribution in [0.15, 0.2) is 126 Å². The van der Waals surface area contributed by atoms with Gasteiger partial charge in [0.25, 0.3) is 0 Å². The molecule has 0 heterocycles. The van der Waals surface area contributed by atoms with Crippen LogP contribution in [0.3, 0.4) is 0 Å². The summed E-state index contributed by atoms with van der Waals surface area (Å²) in [6.07, 6.45) is 0. The average Bonchev–Trinajstić information content (AvgIpc) is 2.97. The highest BCUT2D eigenvalue weighted by Crippen LogP contribution is 2.58. The first kappa shape index (κ1) is 28.2. The standard InChI is InChI=1S/C31H35NO4P2/c1-3-35-38(33,36-4-2)31(26-34-25-27-17-9-5-10-18-27)32-37(28-19-11-6-12-20-28,29-21-13-7-14-22-29)30-23-15-8-16-24-30/h5-24,31H,3-4,25-26H2,1-2H3. The van der Waals surface area contributed by atoms with Crippen LogP contribution in [0, 0.1) is 0 Å². The maximum Gasteiger partial charge on any atom is 0.357 e. The minimum absolute atomic E-state index is 0.0976. The van der Waals surface area contributed by atoms with Crippen molar-refractivity contribution in [3.05, 3.63) is 127 Å². The smallest absolute Gasteiger partial charge is 0.357 e. The molecule has 5 nitrogen and oxygen atoms in total. The molecular formula is C31H35NO4P2. The van der Waals surface area contributed by atoms with E-state index in [1.165, 1.54) is 0 Å². The molecule has 0 bridgehead atoms. The SMILES string of the molecule is CCOP(=O)(OCC)C(COCc1ccccc1)N=P(c1ccccc1)(c1ccccc1)c1ccccc1. The van der Waals surface area contributed by atoms with E-state index in [2.05, 4.69) is 36.4 Å². The highest BCUT2D eigenvalue weighted by atomic mass is 31.2. The lowest BCUT2D eigenvalue weighted by Crippen LogP contribution is -2.28. The minimum Gasteiger partial charge on any atom is -0.374 e. The summed E-state index contributed by atoms with van der Waals surface area (Å²) < 4.78 is 37.8. The van der Waals surface area contributed by atoms with E-state index in [-0.39, 0.29) is 19.8 Å². The highest BCUT2D eigenvalue weighted by Gasteiger charge is 2.39. The van der Waals surface area contributed by atoms with Crippen LogP contribution in [0.25, 0.3) is 0 Å². The van der Waals surface area contributed by atoms with Gasteiger partial charge in [0.2, 0.25) is 0 Å². The Morgan fingerprint density at radius 1 is 0.632 bits per heavy atom. The van der Waals surface area contributed by atoms with Gasteiger partial charge in [0.1, 0.15) is 0 Å². The van der Waals surface area contributed by atoms with Crippen molar-refractivity contribution in [3.8, 4) is 0 Å². The normalized spacial score (nSPS) is 12.7. The van der Waals surface area contributed by atoms with Crippen LogP contribution < -0.4 is 15.9 Å². The van der Waals surface area contributed by atoms with Gasteiger partial charge in [-0.25, -0.2) is 0 Å². The van der Waals surface area contributed by atoms with Crippen molar-refractivity contribution >= 4 is 30.6 Å². The predicted octanol–water partition coefficient (Wildman–Crippen LogP) is 6.97. The van der Waals surface area contributed by atoms with Crippen molar-refractivity contribution in [3.63, 3.8) is 0 Å². The zero-order valence-electron chi connectivity index (χ0n) is 21.9. The van der Waals surface area contributed by atoms with Crippen molar-refractivity contribution in [1.29, 1.82) is 0 Å². The number of nitrogens with zero attached hydrogens (tertiary/aromatic N) is 1. The first-order valence-electron chi connectivity index (χ1n) is 12.9. The van der Waals surface area contributed by atoms with E-state index in [9.17, 15) is 4.57 Å². The van der Waals surface area contributed by atoms with Crippen LogP contribution in [-0.2, 0) is 25.0 Å². The maximum absolute atomic E-state index is 14.3. The lowest BCUT2D eigenvalue weighted by Gasteiger charge is -2.31. The van der Waals surface area contributed by atoms with Crippen LogP contribution in [-0.4, -0.2) is 25.6 Å². The van der Waals surface area contributed by atoms with E-state index in [0.29, 0.717) is 6.61 Å². The summed E-state index contributed by atoms with van der Waals surface area (Å²) in [6, 6.07) is 40.7. The first-order valence-corrected chi connectivity index (χ1v) is 16.3. The Labute approximate surface area is 226 Å². The van der Waals surface area contributed by atoms with Crippen LogP contribution in [0.1, 0.15) is 19.4 Å². The molecule has 38 heavy (non-hydrogen) atoms. The molecule has 0 aliphatic rings. The molecule has 4 aromatic rings. The summed E-state index contributed by atoms with van der Waals surface area (Å²) in [5, 5.41) is 3.18. The molecule has 1 unspecified atom stereocenters. The Balaban J connectivity index is 1.94. The Morgan fingerprint density at radius 3 is 1.42 bits per heavy atom. The monoisotopic (exact) mass is 547 g/mol. The molecule has 1 atom stereocenters. The van der Waals surface area contributed by atoms with Crippen molar-refractivity contribution in [2.45, 2.75) is 26.2 Å². The second-order valence-corrected chi connectivity index (χ2v) is 13.9. The van der Waals surface area contributed by atoms with Crippen molar-refractivity contribution in [2.75, 3.05) is 19.8 Å². The molecule has 0 amide bonds. The van der Waals surface area contributed by atoms with Crippen LogP contribution >= 0.6 is 14.7 Å². The molecule has 0 saturated carbocycles. The lowest BCUT2D eigenvalue weighted by molar-refractivity contribution is 0.110. The predicted molar refractivity (Wildman–Crippen MR) is 158 cm³/mol. The molecule has 4 aromatic carbocycles. The zero-order valence-corrected chi connectivity index (χ0v) is 23.7. The molecule has 0 radical (unpaired) electrons. The number of ether oxygens (including phenoxy) is 1. The van der Waals surface area contributed by atoms with Gasteiger partial charge in [-0.05, 0) is 19.4 Å². The maximum atomic E-state index is 14.3. The molecule has 0 spiro atoms. The van der Waals surface area contributed by atoms with Gasteiger partial charge in [-0.1, -0.05) is 121 Å². The number of rotatable bonds is 13. The Kier molecular flexibility index (Phi) is 10.3. The quantitative estimate of drug-likeness (QED) is 0.170. The van der Waals surface area contributed by atoms with Gasteiger partial charge in [0.15, 0.2) is 5.78 Å². The Morgan fingerprint density at radius 2 is 1.03 bits per heavy atom. The molecule has 0 aliphatic heterocycles. The summed E-state index contributed by atoms with van der Waals surface area (Å²) in [6.45, 7) is 4.60. The fraction of sp³-hybridized carbons (Fsp3) is 0.226. The highest BCUT2D eigenvalue weighted by molar-refractivity contribution is 7.87. The molecule has 7 heteroatoms. The molecule has 0 aromatic heterocycles. The molecule has 198 valence electrons. The molecule has 0 aliphatic carbocycles. The first-order chi connectivity index (χ1) is 18.6. The molecule has 0 fully saturated rings. The largest absolute Gasteiger partial charge is 0.374 e. The van der Waals surface area contributed by atoms with E-state index < -0.39 is 20.4 Å². The minimum atomic E-state index is -3.67. The fourth-order valence-electron chi connectivity index (χ4n) is 4.39. The third-order valence-corrected chi connectivity index (χ3v) is 12.2. The summed E-state index contributed by atoms with van der Waals surface area (Å²) in [5.41, 5.74) is 1.03. The molecule has 4 rings (SSSR count). The lowest BCUT2D eigenvalue weighted by atomic mass is 10.2. The molecular weight excluding hydrogens is 512 g/mol. The van der Waals surface area contributed by atoms with Crippen LogP contribution in [0.4, 0.5) is 0 Å². The number of benzene rings is 4. The van der Waals surface area contributed by atoms with E-state index in [4.69, 9.17) is 18.5 Å². The summed E-state index contributed by atoms with van der Waals surface area (Å²) in [5.74, 6) is -0.833. The van der Waals surface area contributed by atoms with Crippen LogP contribution in [0.2, 0.25) is 0 Å². The van der Waals surface area contributed by atoms with Crippen molar-refractivity contribution in [2.24, 2.45) is 4.74 Å². The van der Waals surface area contributed by atoms with Gasteiger partial charge < -0.3 is 13.8 Å². The van der Waals surface area contributed by atoms with Gasteiger partial charge in [-0.15, -0.1) is 0 Å². The second kappa shape index (κ2) is 13.8. The van der Waals surface area contributed by atoms with Crippen molar-refractivity contribution < 1.29 is 18.3 Å². The van der Waals surface area contributed by atoms with Gasteiger partial charge >= 0.3 is 7.60 Å². The van der Waals surface area contributed by atoms with Gasteiger partial charge in [-0.3, -0.25) is 9.31 Å². The van der Waals surface area contributed by atoms with Gasteiger partial charge in [0, 0.05) is 15.9 Å². The average molecular weight is 548 g/mol. The Hall–Kier alpha value is -2.78. The second-order valence-electron chi connectivity index (χ2n) is 8.61. The van der Waals surface area contributed by atoms with E-state index in [1.807, 2.05) is 98.8 Å². The number of hydrogen-bond acceptors (Lipinski definition) is 5. The summed E-state index contributed by atoms with van der Waals surface area (Å²) >= 11 is 0. The van der Waals surface area contributed by atoms with Gasteiger partial charge in [0.05, 0.1) is 33.5 Å². The zero-order chi connectivity index (χ0) is 26.7. The van der Waals surface area contributed by atoms with Crippen LogP contribution in [0.5, 0.6) is 0 Å². The number of hydrogen-bond donors (Lipinski definition) is 0. The Bertz CT molecular complexity index is 1240. The van der Waals surface area contributed by atoms with E-state index in [1.54, 1.807) is 0 Å². The third-order valence-electron chi connectivity index (χ3n) is 6.06. The van der Waals surface area contributed by atoms with E-state index >= 15 is 0 Å². The van der Waals surface area contributed by atoms with Crippen molar-refractivity contribution in [1.82, 2.24) is 0 Å². The van der Waals surface area contributed by atoms with Gasteiger partial charge in [-0.2, -0.15) is 0 Å². The molecule has 0 saturated heterocycles. The topological polar surface area (TPSA) is 57.1 Å². The third kappa shape index (κ3) is 6.61. The fourth-order valence-corrected chi connectivity index (χ4v) is 10.4. The summed E-state index contributed by atoms with van der Waals surface area (Å²) in [7, 11) is -6.32. The van der Waals surface area contributed by atoms with E-state index in [0.717, 1.165) is 21.5 Å².